The summed E-state index contributed by atoms with van der Waals surface area (Å²) in [4.78, 5) is 51.7. The van der Waals surface area contributed by atoms with Crippen molar-refractivity contribution < 1.29 is 38.0 Å². The van der Waals surface area contributed by atoms with Gasteiger partial charge in [-0.1, -0.05) is 41.5 Å². The van der Waals surface area contributed by atoms with E-state index >= 15 is 0 Å². The SMILES string of the molecule is CSCCOC[C@H]1O[C@@H](n2ccc(=O)[nH]c2=O)[C@@H](O)C1O[Si](C)(C)C(C)(C)C.CSCCOC[C@H]1O[C@@H](n2ccc(=O)[nH]c2=O)[C@@H](O[Si](C)(C)C(C)(C)C)C1O. The van der Waals surface area contributed by atoms with Gasteiger partial charge >= 0.3 is 11.4 Å². The highest BCUT2D eigenvalue weighted by atomic mass is 32.2. The lowest BCUT2D eigenvalue weighted by atomic mass is 10.1. The molecule has 56 heavy (non-hydrogen) atoms. The van der Waals surface area contributed by atoms with E-state index in [0.29, 0.717) is 13.2 Å². The number of nitrogens with zero attached hydrogens (tertiary/aromatic N) is 2. The molecule has 2 aromatic rings. The molecule has 8 atom stereocenters. The minimum Gasteiger partial charge on any atom is -0.408 e. The van der Waals surface area contributed by atoms with Gasteiger partial charge in [0.05, 0.1) is 26.4 Å². The van der Waals surface area contributed by atoms with Crippen molar-refractivity contribution in [1.82, 2.24) is 19.1 Å². The lowest BCUT2D eigenvalue weighted by Crippen LogP contribution is -2.50. The van der Waals surface area contributed by atoms with Crippen LogP contribution in [0.1, 0.15) is 54.0 Å². The van der Waals surface area contributed by atoms with E-state index in [1.165, 1.54) is 33.7 Å². The number of thioether (sulfide) groups is 2. The Morgan fingerprint density at radius 2 is 1.09 bits per heavy atom. The zero-order chi connectivity index (χ0) is 42.2. The van der Waals surface area contributed by atoms with Crippen LogP contribution in [0.15, 0.2) is 43.7 Å². The Hall–Kier alpha value is -1.83. The fourth-order valence-corrected chi connectivity index (χ4v) is 8.59. The maximum atomic E-state index is 12.3. The first-order valence-electron chi connectivity index (χ1n) is 18.7. The minimum atomic E-state index is -2.26. The van der Waals surface area contributed by atoms with Crippen molar-refractivity contribution in [1.29, 1.82) is 0 Å². The monoisotopic (exact) mass is 864 g/mol. The molecule has 2 saturated heterocycles. The molecular weight excluding hydrogens is 801 g/mol. The molecule has 0 aromatic carbocycles. The second kappa shape index (κ2) is 20.4. The number of aliphatic hydroxyl groups is 2. The zero-order valence-corrected chi connectivity index (χ0v) is 38.5. The molecule has 16 nitrogen and oxygen atoms in total. The largest absolute Gasteiger partial charge is 0.408 e. The van der Waals surface area contributed by atoms with E-state index in [0.717, 1.165) is 11.5 Å². The molecule has 2 fully saturated rings. The van der Waals surface area contributed by atoms with Crippen LogP contribution >= 0.6 is 23.5 Å². The molecule has 4 N–H and O–H groups in total. The van der Waals surface area contributed by atoms with Gasteiger partial charge in [-0.2, -0.15) is 23.5 Å². The molecule has 4 rings (SSSR count). The smallest absolute Gasteiger partial charge is 0.330 e. The van der Waals surface area contributed by atoms with Gasteiger partial charge in [0.15, 0.2) is 29.1 Å². The topological polar surface area (TPSA) is 206 Å². The Kier molecular flexibility index (Phi) is 17.7. The molecule has 0 aliphatic carbocycles. The number of hydrogen-bond donors (Lipinski definition) is 4. The number of H-pyrrole nitrogens is 2. The quantitative estimate of drug-likeness (QED) is 0.142. The summed E-state index contributed by atoms with van der Waals surface area (Å²) in [5.41, 5.74) is -2.22. The number of rotatable bonds is 16. The van der Waals surface area contributed by atoms with Crippen LogP contribution in [0.2, 0.25) is 36.3 Å². The van der Waals surface area contributed by atoms with E-state index in [2.05, 4.69) is 77.7 Å². The number of aromatic amines is 2. The van der Waals surface area contributed by atoms with Crippen LogP contribution < -0.4 is 22.5 Å². The normalized spacial score (nSPS) is 26.0. The summed E-state index contributed by atoms with van der Waals surface area (Å²) >= 11 is 3.35. The summed E-state index contributed by atoms with van der Waals surface area (Å²) in [6.45, 7) is 22.6. The number of nitrogens with one attached hydrogen (secondary N) is 2. The highest BCUT2D eigenvalue weighted by Crippen LogP contribution is 2.42. The van der Waals surface area contributed by atoms with Crippen LogP contribution in [-0.4, -0.2) is 133 Å². The average Bonchev–Trinajstić information content (AvgIpc) is 3.54. The molecule has 0 amide bonds. The molecule has 0 bridgehead atoms. The number of aliphatic hydroxyl groups excluding tert-OH is 2. The van der Waals surface area contributed by atoms with Crippen LogP contribution in [0.5, 0.6) is 0 Å². The molecule has 2 aliphatic heterocycles. The Balaban J connectivity index is 0.000000300. The van der Waals surface area contributed by atoms with Crippen molar-refractivity contribution in [3.63, 3.8) is 0 Å². The van der Waals surface area contributed by atoms with Crippen molar-refractivity contribution in [2.75, 3.05) is 50.4 Å². The summed E-state index contributed by atoms with van der Waals surface area (Å²) in [6, 6.07) is 2.48. The van der Waals surface area contributed by atoms with Gasteiger partial charge in [-0.05, 0) is 48.8 Å². The third-order valence-electron chi connectivity index (χ3n) is 10.8. The van der Waals surface area contributed by atoms with Gasteiger partial charge in [0.2, 0.25) is 0 Å². The fraction of sp³-hybridized carbons (Fsp3) is 0.778. The van der Waals surface area contributed by atoms with Crippen molar-refractivity contribution >= 4 is 40.2 Å². The molecule has 0 saturated carbocycles. The van der Waals surface area contributed by atoms with Gasteiger partial charge in [0.1, 0.15) is 36.6 Å². The second-order valence-electron chi connectivity index (χ2n) is 17.0. The first-order chi connectivity index (χ1) is 26.0. The molecule has 320 valence electrons. The van der Waals surface area contributed by atoms with Crippen LogP contribution in [0.4, 0.5) is 0 Å². The third-order valence-corrected chi connectivity index (χ3v) is 20.9. The Morgan fingerprint density at radius 3 is 1.52 bits per heavy atom. The van der Waals surface area contributed by atoms with Crippen LogP contribution in [0.3, 0.4) is 0 Å². The van der Waals surface area contributed by atoms with Gasteiger partial charge in [-0.25, -0.2) is 9.59 Å². The molecule has 2 aliphatic rings. The van der Waals surface area contributed by atoms with Gasteiger partial charge in [-0.3, -0.25) is 28.7 Å². The average molecular weight is 865 g/mol. The predicted molar refractivity (Wildman–Crippen MR) is 225 cm³/mol. The predicted octanol–water partition coefficient (Wildman–Crippen LogP) is 3.13. The minimum absolute atomic E-state index is 0.0517. The van der Waals surface area contributed by atoms with E-state index < -0.39 is 88.2 Å². The van der Waals surface area contributed by atoms with Crippen molar-refractivity contribution in [3.05, 3.63) is 66.2 Å². The lowest BCUT2D eigenvalue weighted by molar-refractivity contribution is -0.0659. The molecule has 20 heteroatoms. The maximum absolute atomic E-state index is 12.3. The lowest BCUT2D eigenvalue weighted by Gasteiger charge is -2.40. The van der Waals surface area contributed by atoms with Crippen molar-refractivity contribution in [3.8, 4) is 0 Å². The van der Waals surface area contributed by atoms with E-state index in [1.807, 2.05) is 12.5 Å². The zero-order valence-electron chi connectivity index (χ0n) is 34.9. The molecule has 2 unspecified atom stereocenters. The summed E-state index contributed by atoms with van der Waals surface area (Å²) in [5.74, 6) is 1.70. The van der Waals surface area contributed by atoms with Crippen molar-refractivity contribution in [2.24, 2.45) is 0 Å². The van der Waals surface area contributed by atoms with Gasteiger partial charge in [0, 0.05) is 36.0 Å². The maximum Gasteiger partial charge on any atom is 0.330 e. The van der Waals surface area contributed by atoms with Crippen LogP contribution in [-0.2, 0) is 27.8 Å². The molecule has 4 heterocycles. The van der Waals surface area contributed by atoms with E-state index in [4.69, 9.17) is 27.8 Å². The summed E-state index contributed by atoms with van der Waals surface area (Å²) in [5, 5.41) is 21.7. The number of aromatic nitrogens is 4. The molecule has 0 radical (unpaired) electrons. The van der Waals surface area contributed by atoms with Crippen LogP contribution in [0.25, 0.3) is 0 Å². The fourth-order valence-electron chi connectivity index (χ4n) is 5.41. The van der Waals surface area contributed by atoms with Gasteiger partial charge in [-0.15, -0.1) is 0 Å². The highest BCUT2D eigenvalue weighted by Gasteiger charge is 2.52. The highest BCUT2D eigenvalue weighted by molar-refractivity contribution is 7.98. The van der Waals surface area contributed by atoms with E-state index in [1.54, 1.807) is 23.5 Å². The summed E-state index contributed by atoms with van der Waals surface area (Å²) < 4.78 is 38.6. The first-order valence-corrected chi connectivity index (χ1v) is 27.3. The number of ether oxygens (including phenoxy) is 4. The third kappa shape index (κ3) is 12.6. The molecular formula is C36H64N4O12S2Si2. The summed E-state index contributed by atoms with van der Waals surface area (Å²) in [7, 11) is -4.47. The standard InChI is InChI=1S/2C18H32N2O6SSi/c1-18(2,3)28(5,6)26-15-12(11-24-9-10-27-4)25-16(14(15)22)20-8-7-13(21)19-17(20)23;1-18(2,3)28(5,6)26-15-14(22)12(11-24-9-10-27-4)25-16(15)20-8-7-13(21)19-17(20)23/h2*7-8,12,14-16,22H,9-11H2,1-6H3,(H,19,21,23)/t12-,14+,15?,16-;12-,14?,15+,16-/m11/s1. The second-order valence-corrected chi connectivity index (χ2v) is 28.5. The van der Waals surface area contributed by atoms with E-state index in [-0.39, 0.29) is 23.3 Å². The first kappa shape index (κ1) is 48.5. The Morgan fingerprint density at radius 1 is 0.679 bits per heavy atom. The number of hydrogen-bond acceptors (Lipinski definition) is 14. The van der Waals surface area contributed by atoms with Crippen LogP contribution in [0, 0.1) is 0 Å². The Bertz CT molecular complexity index is 1770. The summed E-state index contributed by atoms with van der Waals surface area (Å²) in [6.07, 6.45) is 0.378. The van der Waals surface area contributed by atoms with E-state index in [9.17, 15) is 29.4 Å². The molecule has 2 aromatic heterocycles. The Labute approximate surface area is 339 Å². The van der Waals surface area contributed by atoms with Gasteiger partial charge in [0.25, 0.3) is 11.1 Å². The van der Waals surface area contributed by atoms with Gasteiger partial charge < -0.3 is 38.0 Å². The van der Waals surface area contributed by atoms with Crippen molar-refractivity contribution in [2.45, 2.75) is 127 Å². The molecule has 0 spiro atoms.